The van der Waals surface area contributed by atoms with Gasteiger partial charge in [-0.1, -0.05) is 37.8 Å². The van der Waals surface area contributed by atoms with Gasteiger partial charge in [0.05, 0.1) is 52.0 Å². The van der Waals surface area contributed by atoms with Crippen LogP contribution < -0.4 is 16.0 Å². The third kappa shape index (κ3) is 16.7. The second kappa shape index (κ2) is 26.6. The van der Waals surface area contributed by atoms with Gasteiger partial charge in [-0.3, -0.25) is 29.9 Å². The number of alkyl halides is 7. The summed E-state index contributed by atoms with van der Waals surface area (Å²) in [6.45, 7) is 5.88. The van der Waals surface area contributed by atoms with Gasteiger partial charge in [0.1, 0.15) is 16.8 Å². The van der Waals surface area contributed by atoms with E-state index in [1.165, 1.54) is 28.9 Å². The second-order valence-electron chi connectivity index (χ2n) is 13.9. The number of nitrogens with two attached hydrogens (primary N) is 1. The van der Waals surface area contributed by atoms with Crippen molar-refractivity contribution in [3.8, 4) is 21.4 Å². The molecule has 10 rings (SSSR count). The Hall–Kier alpha value is -8.09. The molecule has 0 radical (unpaired) electrons. The summed E-state index contributed by atoms with van der Waals surface area (Å²) in [5, 5.41) is 10.8. The molecule has 74 heavy (non-hydrogen) atoms. The fraction of sp³-hybridized carbons (Fsp3) is 0.163. The van der Waals surface area contributed by atoms with Gasteiger partial charge >= 0.3 is 24.1 Å². The molecule has 382 valence electrons. The first-order valence-electron chi connectivity index (χ1n) is 20.6. The van der Waals surface area contributed by atoms with Gasteiger partial charge in [-0.05, 0) is 45.0 Å². The molecule has 0 aliphatic heterocycles. The van der Waals surface area contributed by atoms with Crippen molar-refractivity contribution < 1.29 is 35.4 Å². The highest BCUT2D eigenvalue weighted by molar-refractivity contribution is 9.08. The van der Waals surface area contributed by atoms with Gasteiger partial charge in [0.2, 0.25) is 11.6 Å². The first-order chi connectivity index (χ1) is 35.5. The Morgan fingerprint density at radius 2 is 1.11 bits per heavy atom. The molecule has 0 spiro atoms. The number of aryl methyl sites for hydroxylation is 3. The quantitative estimate of drug-likeness (QED) is 0.100. The van der Waals surface area contributed by atoms with E-state index in [0.29, 0.717) is 61.6 Å². The average Bonchev–Trinajstić information content (AvgIpc) is 4.25. The van der Waals surface area contributed by atoms with E-state index in [1.807, 2.05) is 25.7 Å². The Labute approximate surface area is 436 Å². The van der Waals surface area contributed by atoms with Crippen molar-refractivity contribution in [2.75, 3.05) is 16.0 Å². The lowest BCUT2D eigenvalue weighted by Gasteiger charge is -2.22. The van der Waals surface area contributed by atoms with Gasteiger partial charge in [0.25, 0.3) is 0 Å². The minimum Gasteiger partial charge on any atom is -0.382 e. The van der Waals surface area contributed by atoms with Gasteiger partial charge in [-0.15, -0.1) is 22.7 Å². The predicted molar refractivity (Wildman–Crippen MR) is 263 cm³/mol. The lowest BCUT2D eigenvalue weighted by atomic mass is 10.3. The highest BCUT2D eigenvalue weighted by Crippen LogP contribution is 2.35. The van der Waals surface area contributed by atoms with Crippen LogP contribution in [0.15, 0.2) is 126 Å². The zero-order chi connectivity index (χ0) is 53.1. The molecule has 0 bridgehead atoms. The molecule has 0 fully saturated rings. The van der Waals surface area contributed by atoms with Crippen LogP contribution in [0.1, 0.15) is 38.6 Å². The molecule has 10 aromatic rings. The highest BCUT2D eigenvalue weighted by atomic mass is 79.9. The number of thiophene rings is 2. The summed E-state index contributed by atoms with van der Waals surface area (Å²) in [5.41, 5.74) is 7.66. The molecular formula is C43H35BrClF6N19O2S2. The van der Waals surface area contributed by atoms with Crippen LogP contribution in [0.4, 0.5) is 55.4 Å². The monoisotopic (exact) mass is 1140 g/mol. The lowest BCUT2D eigenvalue weighted by Crippen LogP contribution is -2.20. The van der Waals surface area contributed by atoms with E-state index in [1.54, 1.807) is 111 Å². The summed E-state index contributed by atoms with van der Waals surface area (Å²) in [6, 6.07) is 6.87. The topological polar surface area (TPSA) is 274 Å². The minimum absolute atomic E-state index is 0.0375. The number of aromatic nitrogens is 16. The van der Waals surface area contributed by atoms with Crippen molar-refractivity contribution in [2.24, 2.45) is 0 Å². The Morgan fingerprint density at radius 3 is 1.55 bits per heavy atom. The van der Waals surface area contributed by atoms with Crippen molar-refractivity contribution in [3.05, 3.63) is 161 Å². The highest BCUT2D eigenvalue weighted by Gasteiger charge is 2.39. The van der Waals surface area contributed by atoms with E-state index < -0.39 is 24.1 Å². The molecule has 0 aliphatic rings. The van der Waals surface area contributed by atoms with Gasteiger partial charge < -0.3 is 25.0 Å². The number of nitrogens with one attached hydrogen (secondary N) is 1. The SMILES string of the molecule is Cc1nccnc1N.Cc1nccnc1N(Cc1ccc(-c2noc(C(F)(F)F)n2)s1)c1cnccn1.Cc1nccnc1Nc1cnccn1.Clc1cnccn1.FC(F)(F)c1nc(-c2ccc(CBr)s2)no1. The Kier molecular flexibility index (Phi) is 19.8. The number of nitrogen functional groups attached to an aromatic ring is 1. The van der Waals surface area contributed by atoms with Crippen molar-refractivity contribution in [2.45, 2.75) is 45.0 Å². The molecule has 31 heteroatoms. The second-order valence-corrected chi connectivity index (χ2v) is 17.2. The maximum Gasteiger partial charge on any atom is 0.471 e. The van der Waals surface area contributed by atoms with E-state index in [2.05, 4.69) is 110 Å². The standard InChI is InChI=1S/C17H12F3N7OS.C9H9N5.C8H4BrF3N2OS.C5H7N3.C4H3ClN2/c1-10-15(24-7-6-22-10)27(13-8-21-4-5-23-13)9-11-2-3-12(29-11)14-25-16(28-26-14)17(18,19)20;1-7-9(13-5-4-11-7)14-8-6-10-2-3-12-8;9-3-4-1-2-5(16-4)6-13-7(15-14-6)8(10,11)12;1-4-5(6)8-3-2-7-4;5-4-3-6-1-2-7-4/h2-8H,9H2,1H3;2-6H,1H3,(H,12,13,14);1-2H,3H2;2-3H,1H3,(H2,6,8);1-3H. The number of hydrogen-bond acceptors (Lipinski definition) is 23. The van der Waals surface area contributed by atoms with E-state index in [4.69, 9.17) is 17.3 Å². The van der Waals surface area contributed by atoms with Crippen LogP contribution in [0.3, 0.4) is 0 Å². The third-order valence-corrected chi connectivity index (χ3v) is 11.9. The largest absolute Gasteiger partial charge is 0.471 e. The van der Waals surface area contributed by atoms with Gasteiger partial charge in [-0.2, -0.15) is 36.3 Å². The van der Waals surface area contributed by atoms with Crippen LogP contribution >= 0.6 is 50.2 Å². The first kappa shape index (κ1) is 55.2. The van der Waals surface area contributed by atoms with Crippen LogP contribution in [-0.4, -0.2) is 80.1 Å². The fourth-order valence-corrected chi connectivity index (χ4v) is 7.61. The number of halogens is 8. The Balaban J connectivity index is 0.000000167. The van der Waals surface area contributed by atoms with Crippen molar-refractivity contribution >= 4 is 79.3 Å². The van der Waals surface area contributed by atoms with Crippen LogP contribution in [0, 0.1) is 20.8 Å². The minimum atomic E-state index is -4.68. The molecular weight excluding hydrogens is 1110 g/mol. The van der Waals surface area contributed by atoms with E-state index in [-0.39, 0.29) is 11.6 Å². The van der Waals surface area contributed by atoms with Crippen molar-refractivity contribution in [1.82, 2.24) is 80.1 Å². The van der Waals surface area contributed by atoms with Crippen molar-refractivity contribution in [1.29, 1.82) is 0 Å². The smallest absolute Gasteiger partial charge is 0.382 e. The zero-order valence-electron chi connectivity index (χ0n) is 38.2. The van der Waals surface area contributed by atoms with Crippen LogP contribution in [0.25, 0.3) is 21.4 Å². The predicted octanol–water partition coefficient (Wildman–Crippen LogP) is 10.6. The fourth-order valence-electron chi connectivity index (χ4n) is 5.26. The molecule has 0 atom stereocenters. The normalized spacial score (nSPS) is 10.8. The van der Waals surface area contributed by atoms with Crippen LogP contribution in [-0.2, 0) is 24.2 Å². The maximum absolute atomic E-state index is 12.7. The van der Waals surface area contributed by atoms with E-state index in [0.717, 1.165) is 21.1 Å². The van der Waals surface area contributed by atoms with Crippen LogP contribution in [0.5, 0.6) is 0 Å². The molecule has 3 N–H and O–H groups in total. The third-order valence-electron chi connectivity index (χ3n) is 8.63. The zero-order valence-corrected chi connectivity index (χ0v) is 42.2. The average molecular weight is 1140 g/mol. The summed E-state index contributed by atoms with van der Waals surface area (Å²) < 4.78 is 83.0. The summed E-state index contributed by atoms with van der Waals surface area (Å²) in [7, 11) is 0. The van der Waals surface area contributed by atoms with Gasteiger partial charge in [-0.25, -0.2) is 29.9 Å². The first-order valence-corrected chi connectivity index (χ1v) is 23.7. The number of anilines is 5. The lowest BCUT2D eigenvalue weighted by molar-refractivity contribution is -0.160. The molecule has 0 aromatic carbocycles. The number of nitrogens with zero attached hydrogens (tertiary/aromatic N) is 17. The van der Waals surface area contributed by atoms with Crippen LogP contribution in [0.2, 0.25) is 5.15 Å². The van der Waals surface area contributed by atoms with E-state index in [9.17, 15) is 26.3 Å². The van der Waals surface area contributed by atoms with Crippen molar-refractivity contribution in [3.63, 3.8) is 0 Å². The molecule has 0 unspecified atom stereocenters. The summed E-state index contributed by atoms with van der Waals surface area (Å²) in [5.74, 6) is 0.179. The molecule has 0 amide bonds. The molecule has 21 nitrogen and oxygen atoms in total. The van der Waals surface area contributed by atoms with E-state index >= 15 is 0 Å². The number of rotatable bonds is 9. The Bertz CT molecular complexity index is 3250. The molecule has 0 aliphatic carbocycles. The molecule has 0 saturated heterocycles. The molecule has 0 saturated carbocycles. The molecule has 10 heterocycles. The summed E-state index contributed by atoms with van der Waals surface area (Å²) >= 11 is 11.2. The summed E-state index contributed by atoms with van der Waals surface area (Å²) in [6.07, 6.45) is 14.5. The Morgan fingerprint density at radius 1 is 0.595 bits per heavy atom. The summed E-state index contributed by atoms with van der Waals surface area (Å²) in [4.78, 5) is 59.7. The van der Waals surface area contributed by atoms with Gasteiger partial charge in [0, 0.05) is 89.4 Å². The van der Waals surface area contributed by atoms with Gasteiger partial charge in [0.15, 0.2) is 17.5 Å². The number of hydrogen-bond donors (Lipinski definition) is 2. The maximum atomic E-state index is 12.7. The molecule has 10 aromatic heterocycles.